The molecule has 1 aliphatic rings. The molecule has 3 rings (SSSR count). The number of anilines is 1. The summed E-state index contributed by atoms with van der Waals surface area (Å²) >= 11 is 1.65. The number of rotatable bonds is 4. The zero-order valence-corrected chi connectivity index (χ0v) is 14.8. The summed E-state index contributed by atoms with van der Waals surface area (Å²) in [5.41, 5.74) is 1.30. The van der Waals surface area contributed by atoms with Gasteiger partial charge in [0.15, 0.2) is 11.5 Å². The Bertz CT molecular complexity index is 772. The topological polar surface area (TPSA) is 50.8 Å². The van der Waals surface area contributed by atoms with Gasteiger partial charge >= 0.3 is 6.03 Å². The molecule has 7 heteroatoms. The lowest BCUT2D eigenvalue weighted by Crippen LogP contribution is -2.34. The van der Waals surface area contributed by atoms with Gasteiger partial charge in [-0.1, -0.05) is 18.2 Å². The number of thioether (sulfide) groups is 1. The summed E-state index contributed by atoms with van der Waals surface area (Å²) in [4.78, 5) is 14.4. The maximum absolute atomic E-state index is 13.3. The zero-order chi connectivity index (χ0) is 17.8. The first-order valence-corrected chi connectivity index (χ1v) is 8.84. The van der Waals surface area contributed by atoms with Crippen LogP contribution < -0.4 is 14.8 Å². The summed E-state index contributed by atoms with van der Waals surface area (Å²) in [5, 5.41) is 2.56. The first kappa shape index (κ1) is 17.4. The van der Waals surface area contributed by atoms with E-state index < -0.39 is 0 Å². The van der Waals surface area contributed by atoms with Gasteiger partial charge in [-0.15, -0.1) is 11.8 Å². The lowest BCUT2D eigenvalue weighted by atomic mass is 10.1. The summed E-state index contributed by atoms with van der Waals surface area (Å²) in [6, 6.07) is 11.2. The predicted molar refractivity (Wildman–Crippen MR) is 96.9 cm³/mol. The third-order valence-corrected chi connectivity index (χ3v) is 5.17. The van der Waals surface area contributed by atoms with Crippen LogP contribution in [0.2, 0.25) is 0 Å². The largest absolute Gasteiger partial charge is 0.493 e. The van der Waals surface area contributed by atoms with Crippen molar-refractivity contribution in [1.29, 1.82) is 0 Å². The molecule has 1 atom stereocenters. The van der Waals surface area contributed by atoms with Crippen molar-refractivity contribution in [2.45, 2.75) is 5.37 Å². The fraction of sp³-hybridized carbons (Fsp3) is 0.278. The van der Waals surface area contributed by atoms with Crippen LogP contribution in [0.3, 0.4) is 0 Å². The zero-order valence-electron chi connectivity index (χ0n) is 14.0. The molecule has 2 aromatic carbocycles. The number of hydrogen-bond acceptors (Lipinski definition) is 4. The standard InChI is InChI=1S/C18H19FN2O3S/c1-23-15-8-4-7-14(16(15)24-2)17-21(9-10-25-17)18(22)20-13-6-3-5-12(19)11-13/h3-8,11,17H,9-10H2,1-2H3,(H,20,22)/t17-/m1/s1. The highest BCUT2D eigenvalue weighted by atomic mass is 32.2. The van der Waals surface area contributed by atoms with E-state index >= 15 is 0 Å². The molecule has 132 valence electrons. The van der Waals surface area contributed by atoms with Gasteiger partial charge in [-0.2, -0.15) is 0 Å². The summed E-state index contributed by atoms with van der Waals surface area (Å²) in [7, 11) is 3.16. The van der Waals surface area contributed by atoms with Gasteiger partial charge in [0.05, 0.1) is 14.2 Å². The molecule has 2 amide bonds. The molecular formula is C18H19FN2O3S. The molecule has 1 heterocycles. The van der Waals surface area contributed by atoms with Gasteiger partial charge in [0.1, 0.15) is 11.2 Å². The van der Waals surface area contributed by atoms with Crippen molar-refractivity contribution in [2.75, 3.05) is 31.8 Å². The molecule has 1 saturated heterocycles. The van der Waals surface area contributed by atoms with E-state index in [1.165, 1.54) is 12.1 Å². The van der Waals surface area contributed by atoms with Crippen LogP contribution >= 0.6 is 11.8 Å². The molecular weight excluding hydrogens is 343 g/mol. The Kier molecular flexibility index (Phi) is 5.33. The second-order valence-corrected chi connectivity index (χ2v) is 6.63. The number of carbonyl (C=O) groups excluding carboxylic acids is 1. The number of amides is 2. The van der Waals surface area contributed by atoms with Crippen LogP contribution in [-0.4, -0.2) is 37.4 Å². The van der Waals surface area contributed by atoms with E-state index in [1.807, 2.05) is 18.2 Å². The number of nitrogens with zero attached hydrogens (tertiary/aromatic N) is 1. The quantitative estimate of drug-likeness (QED) is 0.889. The average Bonchev–Trinajstić information content (AvgIpc) is 3.10. The molecule has 0 bridgehead atoms. The van der Waals surface area contributed by atoms with E-state index in [0.717, 1.165) is 11.3 Å². The van der Waals surface area contributed by atoms with Crippen LogP contribution in [0.15, 0.2) is 42.5 Å². The SMILES string of the molecule is COc1cccc([C@H]2SCCN2C(=O)Nc2cccc(F)c2)c1OC. The first-order chi connectivity index (χ1) is 12.1. The maximum Gasteiger partial charge on any atom is 0.323 e. The highest BCUT2D eigenvalue weighted by molar-refractivity contribution is 7.99. The summed E-state index contributed by atoms with van der Waals surface area (Å²) < 4.78 is 24.2. The predicted octanol–water partition coefficient (Wildman–Crippen LogP) is 4.12. The van der Waals surface area contributed by atoms with E-state index in [9.17, 15) is 9.18 Å². The molecule has 2 aromatic rings. The number of para-hydroxylation sites is 1. The van der Waals surface area contributed by atoms with Gasteiger partial charge < -0.3 is 19.7 Å². The normalized spacial score (nSPS) is 16.6. The minimum Gasteiger partial charge on any atom is -0.493 e. The summed E-state index contributed by atoms with van der Waals surface area (Å²) in [6.07, 6.45) is 0. The van der Waals surface area contributed by atoms with Gasteiger partial charge in [-0.25, -0.2) is 9.18 Å². The molecule has 1 aliphatic heterocycles. The molecule has 5 nitrogen and oxygen atoms in total. The lowest BCUT2D eigenvalue weighted by Gasteiger charge is -2.26. The van der Waals surface area contributed by atoms with Gasteiger partial charge in [0, 0.05) is 23.5 Å². The van der Waals surface area contributed by atoms with Gasteiger partial charge in [0.25, 0.3) is 0 Å². The van der Waals surface area contributed by atoms with Crippen LogP contribution in [0.4, 0.5) is 14.9 Å². The Balaban J connectivity index is 1.84. The number of urea groups is 1. The Labute approximate surface area is 150 Å². The van der Waals surface area contributed by atoms with Crippen LogP contribution in [0, 0.1) is 5.82 Å². The number of nitrogens with one attached hydrogen (secondary N) is 1. The van der Waals surface area contributed by atoms with Crippen LogP contribution in [-0.2, 0) is 0 Å². The van der Waals surface area contributed by atoms with Crippen molar-refractivity contribution in [3.05, 3.63) is 53.8 Å². The maximum atomic E-state index is 13.3. The van der Waals surface area contributed by atoms with Crippen molar-refractivity contribution < 1.29 is 18.7 Å². The first-order valence-electron chi connectivity index (χ1n) is 7.79. The molecule has 0 aromatic heterocycles. The molecule has 0 unspecified atom stereocenters. The van der Waals surface area contributed by atoms with Gasteiger partial charge in [-0.3, -0.25) is 0 Å². The third kappa shape index (κ3) is 3.66. The van der Waals surface area contributed by atoms with E-state index in [2.05, 4.69) is 5.32 Å². The van der Waals surface area contributed by atoms with E-state index in [1.54, 1.807) is 43.0 Å². The minimum atomic E-state index is -0.389. The summed E-state index contributed by atoms with van der Waals surface area (Å²) in [5.74, 6) is 1.66. The Hall–Kier alpha value is -2.41. The van der Waals surface area contributed by atoms with Gasteiger partial charge in [0.2, 0.25) is 0 Å². The molecule has 0 spiro atoms. The van der Waals surface area contributed by atoms with Crippen LogP contribution in [0.5, 0.6) is 11.5 Å². The molecule has 0 saturated carbocycles. The third-order valence-electron chi connectivity index (χ3n) is 3.93. The van der Waals surface area contributed by atoms with Crippen molar-refractivity contribution in [1.82, 2.24) is 4.90 Å². The fourth-order valence-corrected chi connectivity index (χ4v) is 4.08. The van der Waals surface area contributed by atoms with Crippen molar-refractivity contribution >= 4 is 23.5 Å². The number of halogens is 1. The van der Waals surface area contributed by atoms with Crippen LogP contribution in [0.1, 0.15) is 10.9 Å². The number of benzene rings is 2. The second-order valence-electron chi connectivity index (χ2n) is 5.44. The van der Waals surface area contributed by atoms with Crippen molar-refractivity contribution in [2.24, 2.45) is 0 Å². The molecule has 1 fully saturated rings. The van der Waals surface area contributed by atoms with E-state index in [-0.39, 0.29) is 17.2 Å². The number of ether oxygens (including phenoxy) is 2. The highest BCUT2D eigenvalue weighted by Gasteiger charge is 2.33. The molecule has 0 radical (unpaired) electrons. The van der Waals surface area contributed by atoms with E-state index in [0.29, 0.717) is 23.7 Å². The summed E-state index contributed by atoms with van der Waals surface area (Å²) in [6.45, 7) is 0.594. The second kappa shape index (κ2) is 7.65. The highest BCUT2D eigenvalue weighted by Crippen LogP contribution is 2.45. The van der Waals surface area contributed by atoms with Crippen molar-refractivity contribution in [3.63, 3.8) is 0 Å². The Morgan fingerprint density at radius 1 is 1.24 bits per heavy atom. The minimum absolute atomic E-state index is 0.196. The fourth-order valence-electron chi connectivity index (χ4n) is 2.80. The number of methoxy groups -OCH3 is 2. The number of carbonyl (C=O) groups is 1. The smallest absolute Gasteiger partial charge is 0.323 e. The lowest BCUT2D eigenvalue weighted by molar-refractivity contribution is 0.213. The molecule has 25 heavy (non-hydrogen) atoms. The van der Waals surface area contributed by atoms with Gasteiger partial charge in [-0.05, 0) is 24.3 Å². The average molecular weight is 362 g/mol. The number of hydrogen-bond donors (Lipinski definition) is 1. The van der Waals surface area contributed by atoms with E-state index in [4.69, 9.17) is 9.47 Å². The molecule has 0 aliphatic carbocycles. The van der Waals surface area contributed by atoms with Crippen molar-refractivity contribution in [3.8, 4) is 11.5 Å². The molecule has 1 N–H and O–H groups in total. The van der Waals surface area contributed by atoms with Crippen LogP contribution in [0.25, 0.3) is 0 Å². The monoisotopic (exact) mass is 362 g/mol. The Morgan fingerprint density at radius 3 is 2.76 bits per heavy atom. The Morgan fingerprint density at radius 2 is 2.04 bits per heavy atom.